The number of ketones is 1. The Morgan fingerprint density at radius 2 is 1.39 bits per heavy atom. The van der Waals surface area contributed by atoms with Crippen LogP contribution in [-0.2, 0) is 0 Å². The van der Waals surface area contributed by atoms with Crippen LogP contribution in [0.5, 0.6) is 0 Å². The Kier molecular flexibility index (Phi) is 4.35. The second kappa shape index (κ2) is 5.99. The van der Waals surface area contributed by atoms with Gasteiger partial charge in [0.25, 0.3) is 0 Å². The summed E-state index contributed by atoms with van der Waals surface area (Å²) < 4.78 is 0. The number of unbranched alkanes of at least 4 members (excludes halogenated alkanes) is 2. The maximum atomic E-state index is 12.4. The molecule has 0 aliphatic heterocycles. The molecule has 0 heterocycles. The van der Waals surface area contributed by atoms with Crippen LogP contribution < -0.4 is 0 Å². The monoisotopic (exact) mass is 242 g/mol. The van der Waals surface area contributed by atoms with Crippen LogP contribution in [0.25, 0.3) is 5.57 Å². The van der Waals surface area contributed by atoms with Crippen molar-refractivity contribution in [2.24, 2.45) is 0 Å². The number of fused-ring (bicyclic) bond motifs is 1. The highest BCUT2D eigenvalue weighted by Gasteiger charge is 2.27. The third kappa shape index (κ3) is 2.40. The minimum absolute atomic E-state index is 0.283. The van der Waals surface area contributed by atoms with Crippen molar-refractivity contribution in [1.82, 2.24) is 0 Å². The summed E-state index contributed by atoms with van der Waals surface area (Å²) in [5.41, 5.74) is 4.54. The van der Waals surface area contributed by atoms with E-state index in [2.05, 4.69) is 19.9 Å². The average Bonchev–Trinajstić information content (AvgIpc) is 2.67. The van der Waals surface area contributed by atoms with Crippen LogP contribution >= 0.6 is 0 Å². The average molecular weight is 242 g/mol. The summed E-state index contributed by atoms with van der Waals surface area (Å²) in [7, 11) is 0. The Morgan fingerprint density at radius 1 is 0.833 bits per heavy atom. The Hall–Kier alpha value is -1.37. The summed E-state index contributed by atoms with van der Waals surface area (Å²) in [6, 6.07) is 8.09. The van der Waals surface area contributed by atoms with Crippen molar-refractivity contribution in [2.45, 2.75) is 52.4 Å². The van der Waals surface area contributed by atoms with Crippen molar-refractivity contribution >= 4 is 11.4 Å². The van der Waals surface area contributed by atoms with Crippen LogP contribution in [0.4, 0.5) is 0 Å². The van der Waals surface area contributed by atoms with Gasteiger partial charge < -0.3 is 0 Å². The van der Waals surface area contributed by atoms with Crippen molar-refractivity contribution < 1.29 is 4.79 Å². The van der Waals surface area contributed by atoms with Gasteiger partial charge in [0.05, 0.1) is 0 Å². The van der Waals surface area contributed by atoms with E-state index in [1.54, 1.807) is 0 Å². The topological polar surface area (TPSA) is 17.1 Å². The molecule has 1 aromatic carbocycles. The van der Waals surface area contributed by atoms with E-state index in [1.165, 1.54) is 24.0 Å². The second-order valence-corrected chi connectivity index (χ2v) is 5.04. The minimum atomic E-state index is 0.283. The quantitative estimate of drug-likeness (QED) is 0.684. The summed E-state index contributed by atoms with van der Waals surface area (Å²) in [5.74, 6) is 0.283. The molecule has 1 heteroatoms. The van der Waals surface area contributed by atoms with E-state index in [-0.39, 0.29) is 5.78 Å². The number of hydrogen-bond donors (Lipinski definition) is 0. The molecule has 2 rings (SSSR count). The highest BCUT2D eigenvalue weighted by molar-refractivity contribution is 6.20. The molecule has 1 aliphatic rings. The molecular weight excluding hydrogens is 220 g/mol. The molecule has 0 bridgehead atoms. The molecule has 1 aromatic rings. The Bertz CT molecular complexity index is 468. The molecule has 1 aliphatic carbocycles. The molecule has 0 aromatic heterocycles. The van der Waals surface area contributed by atoms with Gasteiger partial charge in [0, 0.05) is 11.1 Å². The molecular formula is C17H22O. The molecule has 0 amide bonds. The van der Waals surface area contributed by atoms with Crippen LogP contribution in [0.3, 0.4) is 0 Å². The number of carbonyl (C=O) groups excluding carboxylic acids is 1. The molecule has 0 spiro atoms. The second-order valence-electron chi connectivity index (χ2n) is 5.04. The first-order valence-corrected chi connectivity index (χ1v) is 7.15. The number of benzene rings is 1. The van der Waals surface area contributed by atoms with Gasteiger partial charge in [-0.05, 0) is 36.8 Å². The van der Waals surface area contributed by atoms with Crippen LogP contribution in [0.2, 0.25) is 0 Å². The zero-order chi connectivity index (χ0) is 13.0. The Balaban J connectivity index is 2.34. The highest BCUT2D eigenvalue weighted by Crippen LogP contribution is 2.37. The largest absolute Gasteiger partial charge is 0.289 e. The SMILES string of the molecule is CCCCC1=C(CCCC)c2ccccc2C1=O. The lowest BCUT2D eigenvalue weighted by atomic mass is 9.98. The summed E-state index contributed by atoms with van der Waals surface area (Å²) in [6.07, 6.45) is 6.62. The third-order valence-corrected chi connectivity index (χ3v) is 3.70. The fourth-order valence-corrected chi connectivity index (χ4v) is 2.66. The highest BCUT2D eigenvalue weighted by atomic mass is 16.1. The predicted octanol–water partition coefficient (Wildman–Crippen LogP) is 5.02. The predicted molar refractivity (Wildman–Crippen MR) is 76.7 cm³/mol. The van der Waals surface area contributed by atoms with E-state index >= 15 is 0 Å². The summed E-state index contributed by atoms with van der Waals surface area (Å²) in [6.45, 7) is 4.38. The number of carbonyl (C=O) groups is 1. The van der Waals surface area contributed by atoms with Crippen molar-refractivity contribution in [2.75, 3.05) is 0 Å². The van der Waals surface area contributed by atoms with Gasteiger partial charge in [-0.2, -0.15) is 0 Å². The molecule has 1 nitrogen and oxygen atoms in total. The third-order valence-electron chi connectivity index (χ3n) is 3.70. The van der Waals surface area contributed by atoms with Crippen molar-refractivity contribution in [3.63, 3.8) is 0 Å². The van der Waals surface area contributed by atoms with Crippen molar-refractivity contribution in [3.8, 4) is 0 Å². The fourth-order valence-electron chi connectivity index (χ4n) is 2.66. The van der Waals surface area contributed by atoms with Crippen molar-refractivity contribution in [1.29, 1.82) is 0 Å². The molecule has 0 saturated heterocycles. The summed E-state index contributed by atoms with van der Waals surface area (Å²) in [5, 5.41) is 0. The summed E-state index contributed by atoms with van der Waals surface area (Å²) in [4.78, 5) is 12.4. The van der Waals surface area contributed by atoms with Crippen LogP contribution in [-0.4, -0.2) is 5.78 Å². The number of hydrogen-bond acceptors (Lipinski definition) is 1. The summed E-state index contributed by atoms with van der Waals surface area (Å²) >= 11 is 0. The van der Waals surface area contributed by atoms with Crippen LogP contribution in [0, 0.1) is 0 Å². The smallest absolute Gasteiger partial charge is 0.189 e. The van der Waals surface area contributed by atoms with E-state index in [9.17, 15) is 4.79 Å². The first-order chi connectivity index (χ1) is 8.79. The van der Waals surface area contributed by atoms with E-state index in [0.29, 0.717) is 0 Å². The Morgan fingerprint density at radius 3 is 2.00 bits per heavy atom. The molecule has 18 heavy (non-hydrogen) atoms. The van der Waals surface area contributed by atoms with Gasteiger partial charge in [0.2, 0.25) is 0 Å². The maximum Gasteiger partial charge on any atom is 0.189 e. The van der Waals surface area contributed by atoms with Crippen molar-refractivity contribution in [3.05, 3.63) is 41.0 Å². The molecule has 0 fully saturated rings. The molecule has 0 atom stereocenters. The zero-order valence-electron chi connectivity index (χ0n) is 11.5. The van der Waals surface area contributed by atoms with Gasteiger partial charge in [-0.1, -0.05) is 51.0 Å². The number of rotatable bonds is 6. The molecule has 0 unspecified atom stereocenters. The normalized spacial score (nSPS) is 14.2. The number of allylic oxidation sites excluding steroid dienone is 2. The minimum Gasteiger partial charge on any atom is -0.289 e. The van der Waals surface area contributed by atoms with Gasteiger partial charge in [-0.15, -0.1) is 0 Å². The lowest BCUT2D eigenvalue weighted by Crippen LogP contribution is -1.98. The van der Waals surface area contributed by atoms with E-state index in [4.69, 9.17) is 0 Å². The molecule has 96 valence electrons. The van der Waals surface area contributed by atoms with Gasteiger partial charge in [0.1, 0.15) is 0 Å². The Labute approximate surface area is 110 Å². The maximum absolute atomic E-state index is 12.4. The van der Waals surface area contributed by atoms with Crippen LogP contribution in [0.1, 0.15) is 68.3 Å². The van der Waals surface area contributed by atoms with Gasteiger partial charge >= 0.3 is 0 Å². The molecule has 0 saturated carbocycles. The zero-order valence-corrected chi connectivity index (χ0v) is 11.5. The first-order valence-electron chi connectivity index (χ1n) is 7.15. The van der Waals surface area contributed by atoms with E-state index in [1.807, 2.05) is 18.2 Å². The van der Waals surface area contributed by atoms with Gasteiger partial charge in [-0.25, -0.2) is 0 Å². The van der Waals surface area contributed by atoms with Gasteiger partial charge in [-0.3, -0.25) is 4.79 Å². The molecule has 0 radical (unpaired) electrons. The molecule has 0 N–H and O–H groups in total. The fraction of sp³-hybridized carbons (Fsp3) is 0.471. The lowest BCUT2D eigenvalue weighted by Gasteiger charge is -2.06. The van der Waals surface area contributed by atoms with E-state index in [0.717, 1.165) is 36.8 Å². The first kappa shape index (κ1) is 13.1. The number of Topliss-reactive ketones (excluding diaryl/α,β-unsaturated/α-hetero) is 1. The standard InChI is InChI=1S/C17H22O/c1-3-5-9-13-14-11-7-8-12-16(14)17(18)15(13)10-6-4-2/h7-8,11-12H,3-6,9-10H2,1-2H3. The van der Waals surface area contributed by atoms with Gasteiger partial charge in [0.15, 0.2) is 5.78 Å². The lowest BCUT2D eigenvalue weighted by molar-refractivity contribution is 0.103. The van der Waals surface area contributed by atoms with E-state index < -0.39 is 0 Å². The van der Waals surface area contributed by atoms with Crippen LogP contribution in [0.15, 0.2) is 29.8 Å².